The van der Waals surface area contributed by atoms with Gasteiger partial charge >= 0.3 is 6.03 Å². The Morgan fingerprint density at radius 3 is 2.46 bits per heavy atom. The van der Waals surface area contributed by atoms with Crippen LogP contribution >= 0.6 is 11.6 Å². The summed E-state index contributed by atoms with van der Waals surface area (Å²) in [5.41, 5.74) is 2.57. The van der Waals surface area contributed by atoms with Gasteiger partial charge in [-0.3, -0.25) is 5.32 Å². The van der Waals surface area contributed by atoms with E-state index in [2.05, 4.69) is 15.6 Å². The monoisotopic (exact) mass is 337 g/mol. The van der Waals surface area contributed by atoms with Gasteiger partial charge in [0.15, 0.2) is 0 Å². The second-order valence-corrected chi connectivity index (χ2v) is 5.59. The van der Waals surface area contributed by atoms with Gasteiger partial charge in [0, 0.05) is 17.1 Å². The minimum atomic E-state index is -0.303. The summed E-state index contributed by atoms with van der Waals surface area (Å²) >= 11 is 6.19. The van der Waals surface area contributed by atoms with E-state index in [4.69, 9.17) is 11.6 Å². The summed E-state index contributed by atoms with van der Waals surface area (Å²) in [6.07, 6.45) is 0. The maximum Gasteiger partial charge on any atom is 0.320 e. The molecule has 1 heterocycles. The number of amides is 2. The maximum absolute atomic E-state index is 12.0. The number of hydrogen-bond donors (Lipinski definition) is 2. The van der Waals surface area contributed by atoms with Gasteiger partial charge in [-0.2, -0.15) is 0 Å². The molecule has 4 nitrogen and oxygen atoms in total. The Bertz CT molecular complexity index is 837. The van der Waals surface area contributed by atoms with Crippen LogP contribution in [0.4, 0.5) is 10.6 Å². The molecule has 2 amide bonds. The first-order valence-corrected chi connectivity index (χ1v) is 7.91. The van der Waals surface area contributed by atoms with Crippen LogP contribution in [0.5, 0.6) is 0 Å². The number of anilines is 1. The molecule has 3 rings (SSSR count). The van der Waals surface area contributed by atoms with Gasteiger partial charge in [-0.1, -0.05) is 66.2 Å². The molecule has 0 radical (unpaired) electrons. The number of rotatable bonds is 4. The van der Waals surface area contributed by atoms with Crippen molar-refractivity contribution in [2.24, 2.45) is 0 Å². The van der Waals surface area contributed by atoms with Gasteiger partial charge in [-0.05, 0) is 23.8 Å². The molecule has 0 aliphatic carbocycles. The van der Waals surface area contributed by atoms with Crippen LogP contribution in [0.2, 0.25) is 5.02 Å². The molecule has 0 fully saturated rings. The van der Waals surface area contributed by atoms with E-state index < -0.39 is 0 Å². The predicted octanol–water partition coefficient (Wildman–Crippen LogP) is 4.72. The summed E-state index contributed by atoms with van der Waals surface area (Å²) in [6, 6.07) is 22.3. The number of aromatic nitrogens is 1. The Hall–Kier alpha value is -2.85. The first kappa shape index (κ1) is 16.0. The van der Waals surface area contributed by atoms with Gasteiger partial charge in [-0.15, -0.1) is 0 Å². The molecule has 0 saturated carbocycles. The molecule has 2 N–H and O–H groups in total. The molecule has 24 heavy (non-hydrogen) atoms. The van der Waals surface area contributed by atoms with Crippen molar-refractivity contribution in [1.29, 1.82) is 0 Å². The summed E-state index contributed by atoms with van der Waals surface area (Å²) in [5.74, 6) is 0.470. The molecule has 120 valence electrons. The van der Waals surface area contributed by atoms with E-state index in [9.17, 15) is 4.79 Å². The van der Waals surface area contributed by atoms with E-state index in [0.29, 0.717) is 23.1 Å². The Balaban J connectivity index is 1.66. The third kappa shape index (κ3) is 4.12. The fourth-order valence-electron chi connectivity index (χ4n) is 2.26. The third-order valence-electron chi connectivity index (χ3n) is 3.44. The molecule has 1 aromatic heterocycles. The number of benzene rings is 2. The van der Waals surface area contributed by atoms with E-state index in [1.165, 1.54) is 0 Å². The molecule has 0 spiro atoms. The van der Waals surface area contributed by atoms with Crippen LogP contribution in [0.15, 0.2) is 72.8 Å². The highest BCUT2D eigenvalue weighted by Crippen LogP contribution is 2.26. The van der Waals surface area contributed by atoms with Gasteiger partial charge in [0.1, 0.15) is 5.82 Å². The molecule has 3 aromatic rings. The van der Waals surface area contributed by atoms with Crippen LogP contribution < -0.4 is 10.6 Å². The van der Waals surface area contributed by atoms with Crippen LogP contribution in [0.3, 0.4) is 0 Å². The van der Waals surface area contributed by atoms with Crippen LogP contribution in [0, 0.1) is 0 Å². The van der Waals surface area contributed by atoms with Crippen LogP contribution in [0.1, 0.15) is 5.56 Å². The van der Waals surface area contributed by atoms with E-state index in [1.54, 1.807) is 6.07 Å². The zero-order valence-electron chi connectivity index (χ0n) is 12.9. The van der Waals surface area contributed by atoms with Gasteiger partial charge < -0.3 is 5.32 Å². The number of carbonyl (C=O) groups excluding carboxylic acids is 1. The van der Waals surface area contributed by atoms with Crippen LogP contribution in [-0.2, 0) is 6.54 Å². The highest BCUT2D eigenvalue weighted by Gasteiger charge is 2.07. The molecule has 2 aromatic carbocycles. The van der Waals surface area contributed by atoms with E-state index in [-0.39, 0.29) is 6.03 Å². The second kappa shape index (κ2) is 7.62. The van der Waals surface area contributed by atoms with Crippen molar-refractivity contribution in [3.8, 4) is 11.3 Å². The quantitative estimate of drug-likeness (QED) is 0.723. The number of nitrogens with one attached hydrogen (secondary N) is 2. The minimum absolute atomic E-state index is 0.303. The number of urea groups is 1. The zero-order valence-corrected chi connectivity index (χ0v) is 13.6. The summed E-state index contributed by atoms with van der Waals surface area (Å²) in [6.45, 7) is 0.455. The number of pyridine rings is 1. The van der Waals surface area contributed by atoms with Crippen molar-refractivity contribution in [2.75, 3.05) is 5.32 Å². The number of carbonyl (C=O) groups is 1. The van der Waals surface area contributed by atoms with Gasteiger partial charge in [0.2, 0.25) is 0 Å². The second-order valence-electron chi connectivity index (χ2n) is 5.18. The van der Waals surface area contributed by atoms with Crippen molar-refractivity contribution in [3.63, 3.8) is 0 Å². The molecule has 0 unspecified atom stereocenters. The van der Waals surface area contributed by atoms with E-state index in [1.807, 2.05) is 66.7 Å². The maximum atomic E-state index is 12.0. The highest BCUT2D eigenvalue weighted by molar-refractivity contribution is 6.33. The molecule has 0 atom stereocenters. The van der Waals surface area contributed by atoms with Crippen molar-refractivity contribution in [3.05, 3.63) is 83.4 Å². The van der Waals surface area contributed by atoms with Crippen molar-refractivity contribution in [1.82, 2.24) is 10.3 Å². The van der Waals surface area contributed by atoms with Crippen molar-refractivity contribution in [2.45, 2.75) is 6.54 Å². The Morgan fingerprint density at radius 2 is 1.67 bits per heavy atom. The first-order chi connectivity index (χ1) is 11.7. The lowest BCUT2D eigenvalue weighted by molar-refractivity contribution is 0.251. The average Bonchev–Trinajstić information content (AvgIpc) is 2.61. The van der Waals surface area contributed by atoms with E-state index >= 15 is 0 Å². The Labute approximate surface area is 145 Å². The van der Waals surface area contributed by atoms with Crippen LogP contribution in [-0.4, -0.2) is 11.0 Å². The first-order valence-electron chi connectivity index (χ1n) is 7.53. The average molecular weight is 338 g/mol. The van der Waals surface area contributed by atoms with Crippen molar-refractivity contribution < 1.29 is 4.79 Å². The lowest BCUT2D eigenvalue weighted by Gasteiger charge is -2.09. The normalized spacial score (nSPS) is 10.2. The lowest BCUT2D eigenvalue weighted by Crippen LogP contribution is -2.28. The molecule has 0 aliphatic rings. The predicted molar refractivity (Wildman–Crippen MR) is 97.0 cm³/mol. The molecular formula is C19H16ClN3O. The molecule has 0 bridgehead atoms. The number of hydrogen-bond acceptors (Lipinski definition) is 2. The largest absolute Gasteiger partial charge is 0.334 e. The zero-order chi connectivity index (χ0) is 16.8. The highest BCUT2D eigenvalue weighted by atomic mass is 35.5. The summed E-state index contributed by atoms with van der Waals surface area (Å²) in [5, 5.41) is 6.16. The summed E-state index contributed by atoms with van der Waals surface area (Å²) in [4.78, 5) is 16.5. The van der Waals surface area contributed by atoms with Crippen LogP contribution in [0.25, 0.3) is 11.3 Å². The Kier molecular flexibility index (Phi) is 5.08. The third-order valence-corrected chi connectivity index (χ3v) is 3.77. The van der Waals surface area contributed by atoms with Gasteiger partial charge in [0.25, 0.3) is 0 Å². The topological polar surface area (TPSA) is 54.0 Å². The molecule has 5 heteroatoms. The Morgan fingerprint density at radius 1 is 0.917 bits per heavy atom. The standard InChI is InChI=1S/C19H16ClN3O/c20-16-10-5-4-9-15(16)17-11-6-12-18(22-17)23-19(24)21-13-14-7-2-1-3-8-14/h1-12H,13H2,(H2,21,22,23,24). The summed E-state index contributed by atoms with van der Waals surface area (Å²) < 4.78 is 0. The molecule has 0 aliphatic heterocycles. The summed E-state index contributed by atoms with van der Waals surface area (Å²) in [7, 11) is 0. The SMILES string of the molecule is O=C(NCc1ccccc1)Nc1cccc(-c2ccccc2Cl)n1. The fourth-order valence-corrected chi connectivity index (χ4v) is 2.49. The van der Waals surface area contributed by atoms with Gasteiger partial charge in [0.05, 0.1) is 5.69 Å². The lowest BCUT2D eigenvalue weighted by atomic mass is 10.1. The van der Waals surface area contributed by atoms with Crippen molar-refractivity contribution >= 4 is 23.4 Å². The number of nitrogens with zero attached hydrogens (tertiary/aromatic N) is 1. The molecule has 0 saturated heterocycles. The van der Waals surface area contributed by atoms with E-state index in [0.717, 1.165) is 11.1 Å². The minimum Gasteiger partial charge on any atom is -0.334 e. The fraction of sp³-hybridized carbons (Fsp3) is 0.0526. The van der Waals surface area contributed by atoms with Gasteiger partial charge in [-0.25, -0.2) is 9.78 Å². The number of halogens is 1. The smallest absolute Gasteiger partial charge is 0.320 e. The molecular weight excluding hydrogens is 322 g/mol.